The Morgan fingerprint density at radius 2 is 1.78 bits per heavy atom. The summed E-state index contributed by atoms with van der Waals surface area (Å²) < 4.78 is 0. The van der Waals surface area contributed by atoms with Gasteiger partial charge in [-0.15, -0.1) is 0 Å². The molecule has 1 heteroatoms. The van der Waals surface area contributed by atoms with E-state index in [0.717, 1.165) is 17.8 Å². The highest BCUT2D eigenvalue weighted by atomic mass is 14.9. The molecule has 1 aromatic rings. The summed E-state index contributed by atoms with van der Waals surface area (Å²) >= 11 is 0. The van der Waals surface area contributed by atoms with Crippen molar-refractivity contribution in [2.24, 2.45) is 11.8 Å². The van der Waals surface area contributed by atoms with Gasteiger partial charge in [-0.1, -0.05) is 52.0 Å². The van der Waals surface area contributed by atoms with Crippen LogP contribution in [0.2, 0.25) is 0 Å². The third-order valence-electron chi connectivity index (χ3n) is 3.76. The van der Waals surface area contributed by atoms with Crippen molar-refractivity contribution < 1.29 is 0 Å². The maximum absolute atomic E-state index is 3.54. The van der Waals surface area contributed by atoms with Crippen molar-refractivity contribution in [2.45, 2.75) is 52.5 Å². The lowest BCUT2D eigenvalue weighted by Gasteiger charge is -2.08. The zero-order valence-electron chi connectivity index (χ0n) is 12.2. The molecular weight excluding hydrogens is 218 g/mol. The van der Waals surface area contributed by atoms with Crippen LogP contribution in [0.1, 0.15) is 51.2 Å². The Bertz CT molecular complexity index is 364. The summed E-state index contributed by atoms with van der Waals surface area (Å²) in [4.78, 5) is 0. The lowest BCUT2D eigenvalue weighted by molar-refractivity contribution is 0.554. The van der Waals surface area contributed by atoms with Gasteiger partial charge in [-0.3, -0.25) is 0 Å². The molecule has 1 aliphatic rings. The van der Waals surface area contributed by atoms with Gasteiger partial charge in [0.15, 0.2) is 0 Å². The van der Waals surface area contributed by atoms with Crippen LogP contribution in [0.25, 0.3) is 0 Å². The zero-order chi connectivity index (χ0) is 13.1. The molecule has 0 heterocycles. The van der Waals surface area contributed by atoms with Crippen LogP contribution < -0.4 is 5.32 Å². The molecule has 1 aromatic carbocycles. The second-order valence-corrected chi connectivity index (χ2v) is 6.50. The van der Waals surface area contributed by atoms with Crippen LogP contribution in [-0.4, -0.2) is 12.6 Å². The average molecular weight is 245 g/mol. The van der Waals surface area contributed by atoms with Crippen LogP contribution >= 0.6 is 0 Å². The average Bonchev–Trinajstić information content (AvgIpc) is 3.06. The molecule has 2 unspecified atom stereocenters. The molecule has 0 amide bonds. The van der Waals surface area contributed by atoms with Gasteiger partial charge in [0.1, 0.15) is 0 Å². The van der Waals surface area contributed by atoms with Crippen LogP contribution in [0.3, 0.4) is 0 Å². The highest BCUT2D eigenvalue weighted by Crippen LogP contribution is 2.47. The van der Waals surface area contributed by atoms with E-state index in [1.165, 1.54) is 30.5 Å². The van der Waals surface area contributed by atoms with Crippen molar-refractivity contribution in [3.63, 3.8) is 0 Å². The highest BCUT2D eigenvalue weighted by molar-refractivity contribution is 5.29. The van der Waals surface area contributed by atoms with Crippen LogP contribution in [0.5, 0.6) is 0 Å². The van der Waals surface area contributed by atoms with E-state index in [0.29, 0.717) is 6.04 Å². The zero-order valence-corrected chi connectivity index (χ0v) is 12.2. The van der Waals surface area contributed by atoms with Crippen LogP contribution in [-0.2, 0) is 6.42 Å². The van der Waals surface area contributed by atoms with Crippen molar-refractivity contribution in [3.8, 4) is 0 Å². The molecule has 0 bridgehead atoms. The van der Waals surface area contributed by atoms with Crippen molar-refractivity contribution in [1.29, 1.82) is 0 Å². The Kier molecular flexibility index (Phi) is 4.45. The normalized spacial score (nSPS) is 22.8. The Labute approximate surface area is 112 Å². The fraction of sp³-hybridized carbons (Fsp3) is 0.647. The summed E-state index contributed by atoms with van der Waals surface area (Å²) in [6.07, 6.45) is 2.56. The lowest BCUT2D eigenvalue weighted by Crippen LogP contribution is -2.25. The monoisotopic (exact) mass is 245 g/mol. The van der Waals surface area contributed by atoms with Crippen molar-refractivity contribution in [3.05, 3.63) is 35.4 Å². The Morgan fingerprint density at radius 1 is 1.11 bits per heavy atom. The van der Waals surface area contributed by atoms with E-state index in [9.17, 15) is 0 Å². The van der Waals surface area contributed by atoms with E-state index >= 15 is 0 Å². The van der Waals surface area contributed by atoms with Crippen LogP contribution in [0, 0.1) is 11.8 Å². The molecule has 1 nitrogen and oxygen atoms in total. The first-order valence-corrected chi connectivity index (χ1v) is 7.38. The highest BCUT2D eigenvalue weighted by Gasteiger charge is 2.37. The summed E-state index contributed by atoms with van der Waals surface area (Å²) in [6.45, 7) is 10.2. The Morgan fingerprint density at radius 3 is 2.33 bits per heavy atom. The predicted octanol–water partition coefficient (Wildman–Crippen LogP) is 3.99. The lowest BCUT2D eigenvalue weighted by atomic mass is 10.00. The Hall–Kier alpha value is -0.820. The molecule has 2 atom stereocenters. The molecule has 1 fully saturated rings. The molecule has 1 saturated carbocycles. The summed E-state index contributed by atoms with van der Waals surface area (Å²) in [7, 11) is 0. The number of hydrogen-bond donors (Lipinski definition) is 1. The van der Waals surface area contributed by atoms with Gasteiger partial charge in [0.25, 0.3) is 0 Å². The second-order valence-electron chi connectivity index (χ2n) is 6.50. The molecule has 0 aromatic heterocycles. The molecule has 18 heavy (non-hydrogen) atoms. The maximum atomic E-state index is 3.54. The van der Waals surface area contributed by atoms with Gasteiger partial charge >= 0.3 is 0 Å². The van der Waals surface area contributed by atoms with E-state index in [2.05, 4.69) is 57.3 Å². The van der Waals surface area contributed by atoms with Crippen LogP contribution in [0.4, 0.5) is 0 Å². The minimum absolute atomic E-state index is 0.611. The van der Waals surface area contributed by atoms with Gasteiger partial charge in [-0.05, 0) is 48.3 Å². The summed E-state index contributed by atoms with van der Waals surface area (Å²) in [5, 5.41) is 3.54. The summed E-state index contributed by atoms with van der Waals surface area (Å²) in [5.41, 5.74) is 3.02. The molecule has 0 radical (unpaired) electrons. The van der Waals surface area contributed by atoms with Crippen LogP contribution in [0.15, 0.2) is 24.3 Å². The third kappa shape index (κ3) is 3.84. The second kappa shape index (κ2) is 5.88. The molecule has 2 rings (SSSR count). The van der Waals surface area contributed by atoms with Gasteiger partial charge in [0.2, 0.25) is 0 Å². The standard InChI is InChI=1S/C17H27N/c1-12(2)9-14-5-7-15(8-6-14)17-10-16(17)11-18-13(3)4/h5-8,12-13,16-18H,9-11H2,1-4H3. The largest absolute Gasteiger partial charge is 0.314 e. The van der Waals surface area contributed by atoms with E-state index in [1.54, 1.807) is 0 Å². The molecule has 1 aliphatic carbocycles. The van der Waals surface area contributed by atoms with Gasteiger partial charge in [0, 0.05) is 6.04 Å². The van der Waals surface area contributed by atoms with E-state index in [4.69, 9.17) is 0 Å². The Balaban J connectivity index is 1.84. The smallest absolute Gasteiger partial charge is 0.00104 e. The van der Waals surface area contributed by atoms with Gasteiger partial charge in [0.05, 0.1) is 0 Å². The number of rotatable bonds is 6. The molecule has 100 valence electrons. The number of benzene rings is 1. The maximum Gasteiger partial charge on any atom is 0.00104 e. The molecule has 0 aliphatic heterocycles. The first-order chi connectivity index (χ1) is 8.56. The molecule has 1 N–H and O–H groups in total. The molecular formula is C17H27N. The summed E-state index contributed by atoms with van der Waals surface area (Å²) in [5.74, 6) is 2.42. The van der Waals surface area contributed by atoms with E-state index in [-0.39, 0.29) is 0 Å². The van der Waals surface area contributed by atoms with E-state index in [1.807, 2.05) is 0 Å². The SMILES string of the molecule is CC(C)Cc1ccc(C2CC2CNC(C)C)cc1. The molecule has 0 saturated heterocycles. The first-order valence-electron chi connectivity index (χ1n) is 7.38. The number of nitrogens with one attached hydrogen (secondary N) is 1. The molecule has 0 spiro atoms. The minimum Gasteiger partial charge on any atom is -0.314 e. The van der Waals surface area contributed by atoms with Crippen molar-refractivity contribution >= 4 is 0 Å². The fourth-order valence-corrected chi connectivity index (χ4v) is 2.64. The van der Waals surface area contributed by atoms with Crippen molar-refractivity contribution in [2.75, 3.05) is 6.54 Å². The topological polar surface area (TPSA) is 12.0 Å². The third-order valence-corrected chi connectivity index (χ3v) is 3.76. The van der Waals surface area contributed by atoms with Gasteiger partial charge < -0.3 is 5.32 Å². The fourth-order valence-electron chi connectivity index (χ4n) is 2.64. The van der Waals surface area contributed by atoms with E-state index < -0.39 is 0 Å². The predicted molar refractivity (Wildman–Crippen MR) is 79.0 cm³/mol. The minimum atomic E-state index is 0.611. The van der Waals surface area contributed by atoms with Gasteiger partial charge in [-0.25, -0.2) is 0 Å². The summed E-state index contributed by atoms with van der Waals surface area (Å²) in [6, 6.07) is 9.94. The first kappa shape index (κ1) is 13.6. The number of hydrogen-bond acceptors (Lipinski definition) is 1. The van der Waals surface area contributed by atoms with Crippen molar-refractivity contribution in [1.82, 2.24) is 5.32 Å². The van der Waals surface area contributed by atoms with Gasteiger partial charge in [-0.2, -0.15) is 0 Å². The quantitative estimate of drug-likeness (QED) is 0.799.